The zero-order chi connectivity index (χ0) is 30.3. The summed E-state index contributed by atoms with van der Waals surface area (Å²) in [7, 11) is 2.22. The van der Waals surface area contributed by atoms with Gasteiger partial charge in [0, 0.05) is 70.6 Å². The minimum Gasteiger partial charge on any atom is -0.389 e. The molecule has 1 unspecified atom stereocenters. The average molecular weight is 619 g/mol. The summed E-state index contributed by atoms with van der Waals surface area (Å²) in [5.74, 6) is -2.64. The van der Waals surface area contributed by atoms with Gasteiger partial charge in [-0.25, -0.2) is 4.52 Å². The van der Waals surface area contributed by atoms with Crippen LogP contribution in [0.2, 0.25) is 0 Å². The minimum atomic E-state index is -0.521. The molecule has 0 aromatic rings. The number of carbonyl (C=O) groups is 7. The zero-order valence-corrected chi connectivity index (χ0v) is 24.6. The van der Waals surface area contributed by atoms with Gasteiger partial charge in [0.15, 0.2) is 0 Å². The monoisotopic (exact) mass is 618 g/mol. The molecule has 0 saturated carbocycles. The fourth-order valence-corrected chi connectivity index (χ4v) is 3.40. The molecule has 0 aliphatic carbocycles. The fourth-order valence-electron chi connectivity index (χ4n) is 3.03. The van der Waals surface area contributed by atoms with E-state index in [9.17, 15) is 33.6 Å². The number of hydrogen-bond donors (Lipinski definition) is 4. The molecular weight excluding hydrogens is 582 g/mol. The van der Waals surface area contributed by atoms with Gasteiger partial charge in [-0.3, -0.25) is 38.5 Å². The van der Waals surface area contributed by atoms with Crippen LogP contribution in [-0.4, -0.2) is 105 Å². The van der Waals surface area contributed by atoms with E-state index in [1.54, 1.807) is 0 Å². The molecular formula is C23H36N6O10P2. The van der Waals surface area contributed by atoms with Gasteiger partial charge >= 0.3 is 5.97 Å². The van der Waals surface area contributed by atoms with E-state index in [1.807, 2.05) is 0 Å². The molecule has 6 amide bonds. The van der Waals surface area contributed by atoms with Crippen LogP contribution in [0.1, 0.15) is 32.1 Å². The Balaban J connectivity index is 1.90. The van der Waals surface area contributed by atoms with Crippen molar-refractivity contribution in [1.82, 2.24) is 26.2 Å². The Morgan fingerprint density at radius 2 is 1.07 bits per heavy atom. The van der Waals surface area contributed by atoms with Crippen LogP contribution in [0.3, 0.4) is 0 Å². The van der Waals surface area contributed by atoms with E-state index in [1.165, 1.54) is 0 Å². The Bertz CT molecular complexity index is 961. The summed E-state index contributed by atoms with van der Waals surface area (Å²) in [6.07, 6.45) is 2.27. The summed E-state index contributed by atoms with van der Waals surface area (Å²) in [4.78, 5) is 82.1. The van der Waals surface area contributed by atoms with Gasteiger partial charge in [0.2, 0.25) is 32.2 Å². The molecule has 1 aliphatic rings. The molecule has 4 N–H and O–H groups in total. The molecule has 16 nitrogen and oxygen atoms in total. The van der Waals surface area contributed by atoms with Crippen LogP contribution in [0, 0.1) is 0 Å². The number of imide groups is 1. The lowest BCUT2D eigenvalue weighted by Crippen LogP contribution is -2.35. The highest BCUT2D eigenvalue weighted by Gasteiger charge is 2.23. The third kappa shape index (κ3) is 18.6. The summed E-state index contributed by atoms with van der Waals surface area (Å²) in [6, 6.07) is 0. The molecule has 41 heavy (non-hydrogen) atoms. The normalized spacial score (nSPS) is 12.5. The zero-order valence-electron chi connectivity index (χ0n) is 22.6. The van der Waals surface area contributed by atoms with Crippen molar-refractivity contribution in [2.45, 2.75) is 32.1 Å². The maximum absolute atomic E-state index is 11.8. The summed E-state index contributed by atoms with van der Waals surface area (Å²) >= 11 is 0. The molecule has 0 aromatic carbocycles. The maximum Gasteiger partial charge on any atom is 0.315 e. The Morgan fingerprint density at radius 3 is 1.49 bits per heavy atom. The van der Waals surface area contributed by atoms with E-state index in [-0.39, 0.29) is 123 Å². The molecule has 1 rings (SSSR count). The van der Waals surface area contributed by atoms with E-state index in [0.29, 0.717) is 0 Å². The van der Waals surface area contributed by atoms with Crippen molar-refractivity contribution in [2.24, 2.45) is 4.52 Å². The van der Waals surface area contributed by atoms with Gasteiger partial charge in [-0.1, -0.05) is 0 Å². The number of amides is 6. The number of rotatable bonds is 22. The Hall–Kier alpha value is -3.32. The lowest BCUT2D eigenvalue weighted by Gasteiger charge is -2.13. The molecule has 1 atom stereocenters. The highest BCUT2D eigenvalue weighted by atomic mass is 31.1. The van der Waals surface area contributed by atoms with E-state index in [0.717, 1.165) is 17.1 Å². The van der Waals surface area contributed by atoms with Crippen molar-refractivity contribution in [3.63, 3.8) is 0 Å². The average Bonchev–Trinajstić information content (AvgIpc) is 3.27. The third-order valence-corrected chi connectivity index (χ3v) is 5.72. The first-order chi connectivity index (χ1) is 19.7. The molecule has 0 radical (unpaired) electrons. The first kappa shape index (κ1) is 35.7. The Labute approximate surface area is 241 Å². The first-order valence-electron chi connectivity index (χ1n) is 12.8. The second-order valence-electron chi connectivity index (χ2n) is 8.20. The lowest BCUT2D eigenvalue weighted by atomic mass is 10.3. The minimum absolute atomic E-state index is 0.00376. The first-order valence-corrected chi connectivity index (χ1v) is 14.1. The predicted octanol–water partition coefficient (Wildman–Crippen LogP) is -1.26. The molecule has 1 aliphatic heterocycles. The molecule has 0 bridgehead atoms. The summed E-state index contributed by atoms with van der Waals surface area (Å²) < 4.78 is 18.8. The molecule has 18 heteroatoms. The van der Waals surface area contributed by atoms with Crippen molar-refractivity contribution in [3.05, 3.63) is 12.2 Å². The van der Waals surface area contributed by atoms with E-state index < -0.39 is 17.8 Å². The Morgan fingerprint density at radius 1 is 0.683 bits per heavy atom. The molecule has 0 aromatic heterocycles. The number of hydrogen-bond acceptors (Lipinski definition) is 11. The quantitative estimate of drug-likeness (QED) is 0.0643. The van der Waals surface area contributed by atoms with Gasteiger partial charge in [0.25, 0.3) is 11.8 Å². The van der Waals surface area contributed by atoms with Crippen molar-refractivity contribution >= 4 is 59.4 Å². The molecule has 228 valence electrons. The maximum atomic E-state index is 11.8. The molecule has 1 heterocycles. The number of nitrogens with one attached hydrogen (secondary N) is 4. The molecule has 0 saturated heterocycles. The molecule has 0 spiro atoms. The number of ether oxygens (including phenoxy) is 2. The molecule has 0 fully saturated rings. The highest BCUT2D eigenvalue weighted by Crippen LogP contribution is 2.08. The fraction of sp³-hybridized carbons (Fsp3) is 0.609. The second-order valence-corrected chi connectivity index (χ2v) is 9.47. The standard InChI is InChI=1S/C23H36N6O10P2/c30-17(24-8-13-37-15-10-26-19(32)3-6-23(36)39-41-28-40)1-2-18(31)25-9-14-38-16-11-27-20(33)7-12-29-21(34)4-5-22(29)35/h4-5H,1-3,6-16,40H2,(H,24,30)(H,25,31)(H,26,32)(H,27,33). The van der Waals surface area contributed by atoms with Crippen LogP contribution in [0.25, 0.3) is 0 Å². The highest BCUT2D eigenvalue weighted by molar-refractivity contribution is 7.31. The topological polar surface area (TPSA) is 211 Å². The van der Waals surface area contributed by atoms with Crippen molar-refractivity contribution in [1.29, 1.82) is 0 Å². The van der Waals surface area contributed by atoms with E-state index >= 15 is 0 Å². The van der Waals surface area contributed by atoms with Crippen LogP contribution >= 0.6 is 18.0 Å². The van der Waals surface area contributed by atoms with E-state index in [2.05, 4.69) is 39.7 Å². The van der Waals surface area contributed by atoms with Crippen molar-refractivity contribution in [2.75, 3.05) is 59.2 Å². The van der Waals surface area contributed by atoms with Crippen molar-refractivity contribution in [3.8, 4) is 0 Å². The predicted molar refractivity (Wildman–Crippen MR) is 148 cm³/mol. The summed E-state index contributed by atoms with van der Waals surface area (Å²) in [5, 5.41) is 10.5. The van der Waals surface area contributed by atoms with Gasteiger partial charge in [-0.15, -0.1) is 0 Å². The SMILES string of the molecule is O=C(CCC(=O)NCCOCCNC(=O)CCN1C(=O)C=CC1=O)NCCOCCNC(=O)CCC(=O)OP=NP. The van der Waals surface area contributed by atoms with Crippen LogP contribution in [0.4, 0.5) is 0 Å². The van der Waals surface area contributed by atoms with Gasteiger partial charge in [-0.05, 0) is 9.39 Å². The van der Waals surface area contributed by atoms with Gasteiger partial charge < -0.3 is 35.3 Å². The van der Waals surface area contributed by atoms with E-state index in [4.69, 9.17) is 9.47 Å². The van der Waals surface area contributed by atoms with Gasteiger partial charge in [0.1, 0.15) is 0 Å². The number of nitrogens with zero attached hydrogens (tertiary/aromatic N) is 2. The summed E-state index contributed by atoms with van der Waals surface area (Å²) in [6.45, 7) is 1.87. The third-order valence-electron chi connectivity index (χ3n) is 5.06. The number of carbonyl (C=O) groups excluding carboxylic acids is 7. The van der Waals surface area contributed by atoms with Gasteiger partial charge in [-0.2, -0.15) is 0 Å². The largest absolute Gasteiger partial charge is 0.389 e. The van der Waals surface area contributed by atoms with Crippen LogP contribution < -0.4 is 21.3 Å². The smallest absolute Gasteiger partial charge is 0.315 e. The van der Waals surface area contributed by atoms with Crippen LogP contribution in [0.15, 0.2) is 16.7 Å². The van der Waals surface area contributed by atoms with Crippen LogP contribution in [0.5, 0.6) is 0 Å². The van der Waals surface area contributed by atoms with Gasteiger partial charge in [0.05, 0.1) is 32.8 Å². The van der Waals surface area contributed by atoms with Crippen LogP contribution in [-0.2, 0) is 47.6 Å². The second kappa shape index (κ2) is 22.4. The Kier molecular flexibility index (Phi) is 19.5. The lowest BCUT2D eigenvalue weighted by molar-refractivity contribution is -0.137. The summed E-state index contributed by atoms with van der Waals surface area (Å²) in [5.41, 5.74) is 0. The van der Waals surface area contributed by atoms with Crippen molar-refractivity contribution < 1.29 is 47.6 Å².